The van der Waals surface area contributed by atoms with Crippen LogP contribution in [0.25, 0.3) is 6.08 Å². The zero-order valence-electron chi connectivity index (χ0n) is 7.04. The van der Waals surface area contributed by atoms with Crippen molar-refractivity contribution in [2.45, 2.75) is 6.92 Å². The highest BCUT2D eigenvalue weighted by atomic mass is 14.7. The Morgan fingerprint density at radius 3 is 2.00 bits per heavy atom. The summed E-state index contributed by atoms with van der Waals surface area (Å²) in [6.45, 7) is 1.91. The number of benzene rings is 1. The van der Waals surface area contributed by atoms with E-state index in [9.17, 15) is 0 Å². The van der Waals surface area contributed by atoms with Crippen LogP contribution in [-0.4, -0.2) is 0 Å². The summed E-state index contributed by atoms with van der Waals surface area (Å²) in [5.41, 5.74) is 19.6. The molecule has 0 aromatic heterocycles. The van der Waals surface area contributed by atoms with Crippen molar-refractivity contribution in [3.05, 3.63) is 23.8 Å². The van der Waals surface area contributed by atoms with Crippen LogP contribution in [0.1, 0.15) is 12.5 Å². The molecule has 3 heteroatoms. The van der Waals surface area contributed by atoms with Gasteiger partial charge in [0.2, 0.25) is 0 Å². The van der Waals surface area contributed by atoms with Gasteiger partial charge in [0.05, 0.1) is 0 Å². The molecule has 0 aliphatic rings. The fourth-order valence-corrected chi connectivity index (χ4v) is 1.08. The Labute approximate surface area is 71.9 Å². The van der Waals surface area contributed by atoms with E-state index in [0.29, 0.717) is 17.1 Å². The molecule has 0 amide bonds. The van der Waals surface area contributed by atoms with E-state index < -0.39 is 0 Å². The summed E-state index contributed by atoms with van der Waals surface area (Å²) in [6.07, 6.45) is 3.75. The van der Waals surface area contributed by atoms with Crippen LogP contribution in [0, 0.1) is 0 Å². The number of anilines is 3. The van der Waals surface area contributed by atoms with Gasteiger partial charge in [0.25, 0.3) is 0 Å². The molecule has 1 aromatic rings. The van der Waals surface area contributed by atoms with Gasteiger partial charge in [0, 0.05) is 22.6 Å². The summed E-state index contributed by atoms with van der Waals surface area (Å²) in [5, 5.41) is 0. The molecular formula is C9H13N3. The van der Waals surface area contributed by atoms with Crippen LogP contribution in [0.2, 0.25) is 0 Å². The molecule has 0 spiro atoms. The van der Waals surface area contributed by atoms with Crippen molar-refractivity contribution in [1.82, 2.24) is 0 Å². The summed E-state index contributed by atoms with van der Waals surface area (Å²) < 4.78 is 0. The zero-order valence-corrected chi connectivity index (χ0v) is 7.04. The second kappa shape index (κ2) is 3.17. The number of hydrogen-bond acceptors (Lipinski definition) is 3. The van der Waals surface area contributed by atoms with Crippen molar-refractivity contribution in [2.75, 3.05) is 17.2 Å². The van der Waals surface area contributed by atoms with Crippen LogP contribution < -0.4 is 17.2 Å². The summed E-state index contributed by atoms with van der Waals surface area (Å²) in [6, 6.07) is 3.40. The maximum atomic E-state index is 5.70. The van der Waals surface area contributed by atoms with Crippen LogP contribution in [0.5, 0.6) is 0 Å². The lowest BCUT2D eigenvalue weighted by atomic mass is 10.1. The summed E-state index contributed by atoms with van der Waals surface area (Å²) >= 11 is 0. The maximum absolute atomic E-state index is 5.70. The third-order valence-electron chi connectivity index (χ3n) is 1.60. The van der Waals surface area contributed by atoms with Crippen molar-refractivity contribution in [3.63, 3.8) is 0 Å². The summed E-state index contributed by atoms with van der Waals surface area (Å²) in [4.78, 5) is 0. The highest BCUT2D eigenvalue weighted by molar-refractivity contribution is 5.79. The number of nitrogens with two attached hydrogens (primary N) is 3. The Kier molecular flexibility index (Phi) is 2.24. The second-order valence-electron chi connectivity index (χ2n) is 2.61. The molecule has 0 atom stereocenters. The highest BCUT2D eigenvalue weighted by Gasteiger charge is 2.00. The molecule has 0 saturated heterocycles. The Bertz CT molecular complexity index is 293. The van der Waals surface area contributed by atoms with Gasteiger partial charge in [-0.05, 0) is 19.1 Å². The van der Waals surface area contributed by atoms with Gasteiger partial charge in [-0.2, -0.15) is 0 Å². The minimum absolute atomic E-state index is 0.596. The minimum Gasteiger partial charge on any atom is -0.399 e. The molecule has 0 aliphatic heterocycles. The molecular weight excluding hydrogens is 150 g/mol. The van der Waals surface area contributed by atoms with Crippen molar-refractivity contribution >= 4 is 23.1 Å². The van der Waals surface area contributed by atoms with Crippen LogP contribution in [-0.2, 0) is 0 Å². The van der Waals surface area contributed by atoms with Gasteiger partial charge in [-0.15, -0.1) is 0 Å². The minimum atomic E-state index is 0.596. The third-order valence-corrected chi connectivity index (χ3v) is 1.60. The molecule has 3 nitrogen and oxygen atoms in total. The molecule has 0 saturated carbocycles. The SMILES string of the molecule is CC=Cc1c(N)cc(N)cc1N. The largest absolute Gasteiger partial charge is 0.399 e. The van der Waals surface area contributed by atoms with Crippen LogP contribution in [0.3, 0.4) is 0 Å². The number of allylic oxidation sites excluding steroid dienone is 1. The van der Waals surface area contributed by atoms with E-state index in [2.05, 4.69) is 0 Å². The molecule has 0 fully saturated rings. The van der Waals surface area contributed by atoms with E-state index >= 15 is 0 Å². The van der Waals surface area contributed by atoms with E-state index in [4.69, 9.17) is 17.2 Å². The summed E-state index contributed by atoms with van der Waals surface area (Å²) in [7, 11) is 0. The molecule has 1 aromatic carbocycles. The van der Waals surface area contributed by atoms with E-state index in [1.807, 2.05) is 19.1 Å². The molecule has 0 aliphatic carbocycles. The molecule has 6 N–H and O–H groups in total. The number of hydrogen-bond donors (Lipinski definition) is 3. The van der Waals surface area contributed by atoms with Gasteiger partial charge >= 0.3 is 0 Å². The quantitative estimate of drug-likeness (QED) is 0.548. The normalized spacial score (nSPS) is 10.8. The smallest absolute Gasteiger partial charge is 0.0429 e. The van der Waals surface area contributed by atoms with Gasteiger partial charge in [0.15, 0.2) is 0 Å². The lowest BCUT2D eigenvalue weighted by molar-refractivity contribution is 1.60. The van der Waals surface area contributed by atoms with Gasteiger partial charge in [0.1, 0.15) is 0 Å². The third kappa shape index (κ3) is 1.50. The molecule has 0 heterocycles. The lowest BCUT2D eigenvalue weighted by Crippen LogP contribution is -1.98. The fourth-order valence-electron chi connectivity index (χ4n) is 1.08. The predicted octanol–water partition coefficient (Wildman–Crippen LogP) is 1.47. The van der Waals surface area contributed by atoms with Crippen molar-refractivity contribution in [3.8, 4) is 0 Å². The summed E-state index contributed by atoms with van der Waals surface area (Å²) in [5.74, 6) is 0. The standard InChI is InChI=1S/C9H13N3/c1-2-3-7-8(11)4-6(10)5-9(7)12/h2-5H,10-12H2,1H3. The Balaban J connectivity index is 3.28. The van der Waals surface area contributed by atoms with Crippen LogP contribution >= 0.6 is 0 Å². The molecule has 0 bridgehead atoms. The van der Waals surface area contributed by atoms with Gasteiger partial charge in [-0.25, -0.2) is 0 Å². The molecule has 64 valence electrons. The zero-order chi connectivity index (χ0) is 9.14. The Morgan fingerprint density at radius 2 is 1.58 bits per heavy atom. The first kappa shape index (κ1) is 8.46. The highest BCUT2D eigenvalue weighted by Crippen LogP contribution is 2.24. The first-order chi connectivity index (χ1) is 5.65. The first-order valence-corrected chi connectivity index (χ1v) is 3.72. The molecule has 0 radical (unpaired) electrons. The van der Waals surface area contributed by atoms with E-state index in [1.165, 1.54) is 0 Å². The Morgan fingerprint density at radius 1 is 1.08 bits per heavy atom. The number of nitrogen functional groups attached to an aromatic ring is 3. The van der Waals surface area contributed by atoms with E-state index in [0.717, 1.165) is 5.56 Å². The lowest BCUT2D eigenvalue weighted by Gasteiger charge is -2.05. The van der Waals surface area contributed by atoms with Gasteiger partial charge in [-0.3, -0.25) is 0 Å². The van der Waals surface area contributed by atoms with E-state index in [-0.39, 0.29) is 0 Å². The fraction of sp³-hybridized carbons (Fsp3) is 0.111. The van der Waals surface area contributed by atoms with Crippen LogP contribution in [0.4, 0.5) is 17.1 Å². The average Bonchev–Trinajstić information content (AvgIpc) is 1.96. The average molecular weight is 163 g/mol. The molecule has 1 rings (SSSR count). The first-order valence-electron chi connectivity index (χ1n) is 3.72. The molecule has 12 heavy (non-hydrogen) atoms. The maximum Gasteiger partial charge on any atom is 0.0429 e. The topological polar surface area (TPSA) is 78.1 Å². The van der Waals surface area contributed by atoms with Crippen molar-refractivity contribution in [2.24, 2.45) is 0 Å². The van der Waals surface area contributed by atoms with Crippen molar-refractivity contribution < 1.29 is 0 Å². The number of rotatable bonds is 1. The van der Waals surface area contributed by atoms with Crippen molar-refractivity contribution in [1.29, 1.82) is 0 Å². The van der Waals surface area contributed by atoms with Gasteiger partial charge in [-0.1, -0.05) is 12.2 Å². The van der Waals surface area contributed by atoms with Gasteiger partial charge < -0.3 is 17.2 Å². The van der Waals surface area contributed by atoms with Crippen LogP contribution in [0.15, 0.2) is 18.2 Å². The van der Waals surface area contributed by atoms with E-state index in [1.54, 1.807) is 12.1 Å². The monoisotopic (exact) mass is 163 g/mol. The molecule has 0 unspecified atom stereocenters. The predicted molar refractivity (Wildman–Crippen MR) is 54.4 cm³/mol. The Hall–Kier alpha value is -1.64. The second-order valence-corrected chi connectivity index (χ2v) is 2.61.